The summed E-state index contributed by atoms with van der Waals surface area (Å²) >= 11 is 1.37. The van der Waals surface area contributed by atoms with Gasteiger partial charge in [0.2, 0.25) is 6.39 Å². The van der Waals surface area contributed by atoms with E-state index in [-0.39, 0.29) is 23.9 Å². The molecule has 4 heterocycles. The molecule has 12 heteroatoms. The van der Waals surface area contributed by atoms with Crippen LogP contribution in [0.2, 0.25) is 0 Å². The van der Waals surface area contributed by atoms with Crippen LogP contribution in [0.1, 0.15) is 36.3 Å². The molecular formula is C18H18N8O3S. The van der Waals surface area contributed by atoms with Crippen LogP contribution in [0, 0.1) is 0 Å². The van der Waals surface area contributed by atoms with Crippen molar-refractivity contribution in [1.82, 2.24) is 35.2 Å². The van der Waals surface area contributed by atoms with Crippen LogP contribution in [0.15, 0.2) is 34.8 Å². The summed E-state index contributed by atoms with van der Waals surface area (Å²) in [6, 6.07) is 0.195. The van der Waals surface area contributed by atoms with Gasteiger partial charge in [0.25, 0.3) is 11.8 Å². The normalized spacial score (nSPS) is 18.3. The van der Waals surface area contributed by atoms with Crippen LogP contribution in [0.5, 0.6) is 0 Å². The van der Waals surface area contributed by atoms with Gasteiger partial charge in [-0.25, -0.2) is 4.98 Å². The molecule has 11 nitrogen and oxygen atoms in total. The number of rotatable bonds is 7. The monoisotopic (exact) mass is 426 g/mol. The first-order chi connectivity index (χ1) is 14.7. The summed E-state index contributed by atoms with van der Waals surface area (Å²) in [5.74, 6) is -0.107. The second kappa shape index (κ2) is 7.80. The minimum absolute atomic E-state index is 0.195. The molecule has 0 bridgehead atoms. The van der Waals surface area contributed by atoms with Gasteiger partial charge >= 0.3 is 0 Å². The van der Waals surface area contributed by atoms with E-state index >= 15 is 0 Å². The summed E-state index contributed by atoms with van der Waals surface area (Å²) in [5, 5.41) is 24.2. The average molecular weight is 426 g/mol. The number of amides is 1. The van der Waals surface area contributed by atoms with Crippen LogP contribution < -0.4 is 5.32 Å². The Labute approximate surface area is 174 Å². The highest BCUT2D eigenvalue weighted by Crippen LogP contribution is 2.37. The SMILES string of the molecule is CCO[C@H]1C[C@@H](n2cc(NC(=O)c3csc(-c4cn[nH]c4)n3)c(-c3nnco3)n2)C1. The lowest BCUT2D eigenvalue weighted by molar-refractivity contribution is -0.0226. The molecule has 0 saturated heterocycles. The minimum atomic E-state index is -0.345. The molecule has 0 spiro atoms. The Morgan fingerprint density at radius 3 is 3.10 bits per heavy atom. The van der Waals surface area contributed by atoms with E-state index in [1.54, 1.807) is 24.0 Å². The number of ether oxygens (including phenoxy) is 1. The van der Waals surface area contributed by atoms with Crippen molar-refractivity contribution in [3.63, 3.8) is 0 Å². The molecule has 0 aliphatic heterocycles. The highest BCUT2D eigenvalue weighted by Gasteiger charge is 2.33. The average Bonchev–Trinajstić information content (AvgIpc) is 3.50. The maximum absolute atomic E-state index is 12.8. The van der Waals surface area contributed by atoms with Crippen LogP contribution in [0.4, 0.5) is 5.69 Å². The second-order valence-electron chi connectivity index (χ2n) is 6.80. The van der Waals surface area contributed by atoms with Gasteiger partial charge in [0.15, 0.2) is 5.69 Å². The van der Waals surface area contributed by atoms with Gasteiger partial charge in [-0.2, -0.15) is 10.2 Å². The van der Waals surface area contributed by atoms with E-state index in [0.29, 0.717) is 28.7 Å². The fourth-order valence-corrected chi connectivity index (χ4v) is 4.08. The van der Waals surface area contributed by atoms with Gasteiger partial charge < -0.3 is 14.5 Å². The molecular weight excluding hydrogens is 408 g/mol. The summed E-state index contributed by atoms with van der Waals surface area (Å²) in [7, 11) is 0. The molecule has 4 aromatic heterocycles. The molecule has 1 saturated carbocycles. The fraction of sp³-hybridized carbons (Fsp3) is 0.333. The first kappa shape index (κ1) is 18.6. The number of H-pyrrole nitrogens is 1. The predicted octanol–water partition coefficient (Wildman–Crippen LogP) is 2.77. The van der Waals surface area contributed by atoms with Gasteiger partial charge in [-0.1, -0.05) is 0 Å². The zero-order valence-corrected chi connectivity index (χ0v) is 16.8. The van der Waals surface area contributed by atoms with Crippen molar-refractivity contribution >= 4 is 22.9 Å². The highest BCUT2D eigenvalue weighted by atomic mass is 32.1. The third-order valence-corrected chi connectivity index (χ3v) is 5.76. The Bertz CT molecular complexity index is 1130. The minimum Gasteiger partial charge on any atom is -0.422 e. The van der Waals surface area contributed by atoms with Gasteiger partial charge in [0, 0.05) is 29.9 Å². The molecule has 2 N–H and O–H groups in total. The van der Waals surface area contributed by atoms with Crippen molar-refractivity contribution in [2.75, 3.05) is 11.9 Å². The van der Waals surface area contributed by atoms with Crippen LogP contribution in [0.3, 0.4) is 0 Å². The molecule has 1 fully saturated rings. The zero-order valence-electron chi connectivity index (χ0n) is 16.0. The third kappa shape index (κ3) is 3.50. The van der Waals surface area contributed by atoms with Crippen LogP contribution >= 0.6 is 11.3 Å². The van der Waals surface area contributed by atoms with E-state index in [0.717, 1.165) is 18.4 Å². The van der Waals surface area contributed by atoms with Crippen molar-refractivity contribution in [3.05, 3.63) is 36.1 Å². The number of nitrogens with zero attached hydrogens (tertiary/aromatic N) is 6. The number of nitrogens with one attached hydrogen (secondary N) is 2. The van der Waals surface area contributed by atoms with Gasteiger partial charge in [-0.05, 0) is 19.8 Å². The number of anilines is 1. The van der Waals surface area contributed by atoms with Crippen molar-refractivity contribution in [2.45, 2.75) is 31.9 Å². The number of thiazole rings is 1. The molecule has 30 heavy (non-hydrogen) atoms. The molecule has 0 unspecified atom stereocenters. The number of hydrogen-bond acceptors (Lipinski definition) is 9. The summed E-state index contributed by atoms with van der Waals surface area (Å²) in [6.07, 6.45) is 8.38. The molecule has 1 amide bonds. The van der Waals surface area contributed by atoms with E-state index < -0.39 is 0 Å². The number of carbonyl (C=O) groups excluding carboxylic acids is 1. The summed E-state index contributed by atoms with van der Waals surface area (Å²) < 4.78 is 12.8. The van der Waals surface area contributed by atoms with E-state index in [2.05, 4.69) is 35.8 Å². The van der Waals surface area contributed by atoms with Crippen LogP contribution in [-0.2, 0) is 4.74 Å². The molecule has 0 aromatic carbocycles. The van der Waals surface area contributed by atoms with Crippen molar-refractivity contribution in [2.24, 2.45) is 0 Å². The molecule has 5 rings (SSSR count). The predicted molar refractivity (Wildman–Crippen MR) is 107 cm³/mol. The zero-order chi connectivity index (χ0) is 20.5. The maximum Gasteiger partial charge on any atom is 0.275 e. The molecule has 0 atom stereocenters. The molecule has 1 aliphatic carbocycles. The van der Waals surface area contributed by atoms with Gasteiger partial charge in [0.1, 0.15) is 10.7 Å². The Morgan fingerprint density at radius 1 is 1.47 bits per heavy atom. The Morgan fingerprint density at radius 2 is 2.37 bits per heavy atom. The number of hydrogen-bond donors (Lipinski definition) is 2. The summed E-state index contributed by atoms with van der Waals surface area (Å²) in [4.78, 5) is 17.2. The van der Waals surface area contributed by atoms with E-state index in [1.807, 2.05) is 11.6 Å². The Hall–Kier alpha value is -3.38. The van der Waals surface area contributed by atoms with Crippen molar-refractivity contribution < 1.29 is 13.9 Å². The smallest absolute Gasteiger partial charge is 0.275 e. The quantitative estimate of drug-likeness (QED) is 0.460. The third-order valence-electron chi connectivity index (χ3n) is 4.87. The molecule has 4 aromatic rings. The van der Waals surface area contributed by atoms with Crippen molar-refractivity contribution in [3.8, 4) is 22.2 Å². The lowest BCUT2D eigenvalue weighted by atomic mass is 9.89. The lowest BCUT2D eigenvalue weighted by Crippen LogP contribution is -2.33. The molecule has 1 aliphatic rings. The van der Waals surface area contributed by atoms with E-state index in [9.17, 15) is 4.79 Å². The molecule has 0 radical (unpaired) electrons. The van der Waals surface area contributed by atoms with Crippen LogP contribution in [0.25, 0.3) is 22.2 Å². The summed E-state index contributed by atoms with van der Waals surface area (Å²) in [6.45, 7) is 2.68. The van der Waals surface area contributed by atoms with Crippen LogP contribution in [-0.4, -0.2) is 53.8 Å². The lowest BCUT2D eigenvalue weighted by Gasteiger charge is -2.34. The Kier molecular flexibility index (Phi) is 4.85. The van der Waals surface area contributed by atoms with Gasteiger partial charge in [-0.15, -0.1) is 21.5 Å². The number of aromatic amines is 1. The van der Waals surface area contributed by atoms with Gasteiger partial charge in [-0.3, -0.25) is 14.6 Å². The number of carbonyl (C=O) groups is 1. The van der Waals surface area contributed by atoms with E-state index in [1.165, 1.54) is 17.7 Å². The second-order valence-corrected chi connectivity index (χ2v) is 7.65. The molecule has 154 valence electrons. The van der Waals surface area contributed by atoms with Crippen molar-refractivity contribution in [1.29, 1.82) is 0 Å². The largest absolute Gasteiger partial charge is 0.422 e. The maximum atomic E-state index is 12.8. The standard InChI is InChI=1S/C18H18N8O3S/c1-2-28-12-3-11(4-12)26-7-13(15(25-26)17-24-21-9-29-17)22-16(27)14-8-30-18(23-14)10-5-19-20-6-10/h5-9,11-12H,2-4H2,1H3,(H,19,20)(H,22,27)/t11-,12+. The van der Waals surface area contributed by atoms with Gasteiger partial charge in [0.05, 0.1) is 24.0 Å². The van der Waals surface area contributed by atoms with E-state index in [4.69, 9.17) is 9.15 Å². The highest BCUT2D eigenvalue weighted by molar-refractivity contribution is 7.13. The Balaban J connectivity index is 1.37. The summed E-state index contributed by atoms with van der Waals surface area (Å²) in [5.41, 5.74) is 2.04. The first-order valence-corrected chi connectivity index (χ1v) is 10.3. The topological polar surface area (TPSA) is 137 Å². The fourth-order valence-electron chi connectivity index (χ4n) is 3.29. The number of aromatic nitrogens is 7. The first-order valence-electron chi connectivity index (χ1n) is 9.44.